The van der Waals surface area contributed by atoms with Crippen molar-refractivity contribution in [2.75, 3.05) is 33.3 Å². The third-order valence-corrected chi connectivity index (χ3v) is 4.15. The topological polar surface area (TPSA) is 90.0 Å². The number of rotatable bonds is 5. The maximum Gasteiger partial charge on any atom is 0.327 e. The van der Waals surface area contributed by atoms with E-state index in [0.29, 0.717) is 6.54 Å². The quantitative estimate of drug-likeness (QED) is 0.660. The summed E-state index contributed by atoms with van der Waals surface area (Å²) in [5, 5.41) is 12.0. The number of nitrogens with one attached hydrogen (secondary N) is 1. The summed E-state index contributed by atoms with van der Waals surface area (Å²) >= 11 is 0. The van der Waals surface area contributed by atoms with Gasteiger partial charge in [-0.25, -0.2) is 4.79 Å². The molecule has 2 rings (SSSR count). The molecule has 0 aromatic rings. The molecule has 2 fully saturated rings. The Balaban J connectivity index is 1.78. The Morgan fingerprint density at radius 1 is 1.35 bits per heavy atom. The van der Waals surface area contributed by atoms with Gasteiger partial charge in [-0.15, -0.1) is 0 Å². The third-order valence-electron chi connectivity index (χ3n) is 4.15. The first-order valence-corrected chi connectivity index (χ1v) is 6.96. The average molecular weight is 283 g/mol. The highest BCUT2D eigenvalue weighted by atomic mass is 16.3. The van der Waals surface area contributed by atoms with E-state index in [9.17, 15) is 19.5 Å². The molecule has 1 saturated heterocycles. The fourth-order valence-electron chi connectivity index (χ4n) is 2.89. The summed E-state index contributed by atoms with van der Waals surface area (Å²) in [7, 11) is 1.53. The fraction of sp³-hybridized carbons (Fsp3) is 0.769. The van der Waals surface area contributed by atoms with Crippen molar-refractivity contribution in [3.05, 3.63) is 0 Å². The number of carbonyl (C=O) groups is 3. The molecule has 4 amide bonds. The van der Waals surface area contributed by atoms with Crippen LogP contribution in [0.3, 0.4) is 0 Å². The lowest BCUT2D eigenvalue weighted by Gasteiger charge is -2.19. The Morgan fingerprint density at radius 2 is 2.05 bits per heavy atom. The van der Waals surface area contributed by atoms with E-state index in [1.807, 2.05) is 0 Å². The number of hydrogen-bond acceptors (Lipinski definition) is 4. The van der Waals surface area contributed by atoms with Crippen LogP contribution in [-0.4, -0.2) is 66.0 Å². The second-order valence-corrected chi connectivity index (χ2v) is 5.56. The summed E-state index contributed by atoms with van der Waals surface area (Å²) < 4.78 is 0. The van der Waals surface area contributed by atoms with E-state index >= 15 is 0 Å². The molecule has 1 aliphatic carbocycles. The number of nitrogens with zero attached hydrogens (tertiary/aromatic N) is 2. The summed E-state index contributed by atoms with van der Waals surface area (Å²) in [5.41, 5.74) is 0. The van der Waals surface area contributed by atoms with Gasteiger partial charge in [-0.1, -0.05) is 6.42 Å². The molecular formula is C13H21N3O4. The Labute approximate surface area is 117 Å². The van der Waals surface area contributed by atoms with Crippen LogP contribution < -0.4 is 5.32 Å². The standard InChI is InChI=1S/C13H21N3O4/c1-15-7-12(19)16(13(15)20)6-11(18)14-5-9-3-2-4-10(9)8-17/h9-10,17H,2-8H2,1H3,(H,14,18). The van der Waals surface area contributed by atoms with Crippen LogP contribution in [0.4, 0.5) is 4.79 Å². The number of carbonyl (C=O) groups excluding carboxylic acids is 3. The van der Waals surface area contributed by atoms with Crippen LogP contribution >= 0.6 is 0 Å². The fourth-order valence-corrected chi connectivity index (χ4v) is 2.89. The van der Waals surface area contributed by atoms with Gasteiger partial charge < -0.3 is 15.3 Å². The molecule has 0 aromatic heterocycles. The normalized spacial score (nSPS) is 26.5. The van der Waals surface area contributed by atoms with Gasteiger partial charge in [0.2, 0.25) is 5.91 Å². The summed E-state index contributed by atoms with van der Waals surface area (Å²) in [6.45, 7) is 0.449. The van der Waals surface area contributed by atoms with Crippen molar-refractivity contribution in [2.45, 2.75) is 19.3 Å². The molecule has 7 heteroatoms. The Kier molecular flexibility index (Phi) is 4.59. The van der Waals surface area contributed by atoms with Crippen molar-refractivity contribution in [1.29, 1.82) is 0 Å². The van der Waals surface area contributed by atoms with E-state index in [1.54, 1.807) is 0 Å². The van der Waals surface area contributed by atoms with Gasteiger partial charge in [0.1, 0.15) is 13.1 Å². The summed E-state index contributed by atoms with van der Waals surface area (Å²) in [6, 6.07) is -0.431. The van der Waals surface area contributed by atoms with Gasteiger partial charge in [0.15, 0.2) is 0 Å². The smallest absolute Gasteiger partial charge is 0.327 e. The zero-order chi connectivity index (χ0) is 14.7. The highest BCUT2D eigenvalue weighted by Crippen LogP contribution is 2.30. The predicted octanol–water partition coefficient (Wildman–Crippen LogP) is -0.595. The lowest BCUT2D eigenvalue weighted by Crippen LogP contribution is -2.42. The largest absolute Gasteiger partial charge is 0.396 e. The molecule has 112 valence electrons. The zero-order valence-electron chi connectivity index (χ0n) is 11.7. The first-order chi connectivity index (χ1) is 9.52. The second-order valence-electron chi connectivity index (χ2n) is 5.56. The molecular weight excluding hydrogens is 262 g/mol. The molecule has 1 heterocycles. The number of imide groups is 1. The van der Waals surface area contributed by atoms with Crippen LogP contribution in [0.5, 0.6) is 0 Å². The minimum absolute atomic E-state index is 0.0291. The maximum atomic E-state index is 11.8. The SMILES string of the molecule is CN1CC(=O)N(CC(=O)NCC2CCCC2CO)C1=O. The summed E-state index contributed by atoms with van der Waals surface area (Å²) in [4.78, 5) is 37.2. The van der Waals surface area contributed by atoms with Crippen molar-refractivity contribution in [3.8, 4) is 0 Å². The molecule has 0 bridgehead atoms. The van der Waals surface area contributed by atoms with E-state index in [0.717, 1.165) is 24.2 Å². The van der Waals surface area contributed by atoms with Crippen molar-refractivity contribution in [2.24, 2.45) is 11.8 Å². The molecule has 0 spiro atoms. The Bertz CT molecular complexity index is 412. The van der Waals surface area contributed by atoms with Crippen molar-refractivity contribution >= 4 is 17.8 Å². The molecule has 1 saturated carbocycles. The van der Waals surface area contributed by atoms with E-state index < -0.39 is 6.03 Å². The van der Waals surface area contributed by atoms with Gasteiger partial charge in [-0.05, 0) is 24.7 Å². The van der Waals surface area contributed by atoms with Gasteiger partial charge in [-0.2, -0.15) is 0 Å². The summed E-state index contributed by atoms with van der Waals surface area (Å²) in [5.74, 6) is -0.138. The minimum Gasteiger partial charge on any atom is -0.396 e. The Hall–Kier alpha value is -1.63. The van der Waals surface area contributed by atoms with Gasteiger partial charge >= 0.3 is 6.03 Å². The number of hydrogen-bond donors (Lipinski definition) is 2. The molecule has 0 aromatic carbocycles. The number of aliphatic hydroxyl groups excluding tert-OH is 1. The van der Waals surface area contributed by atoms with Crippen LogP contribution in [0.15, 0.2) is 0 Å². The molecule has 1 aliphatic heterocycles. The monoisotopic (exact) mass is 283 g/mol. The van der Waals surface area contributed by atoms with Gasteiger partial charge in [0.05, 0.1) is 0 Å². The molecule has 2 unspecified atom stereocenters. The van der Waals surface area contributed by atoms with Crippen LogP contribution in [0, 0.1) is 11.8 Å². The molecule has 0 radical (unpaired) electrons. The average Bonchev–Trinajstić information content (AvgIpc) is 2.96. The first-order valence-electron chi connectivity index (χ1n) is 6.96. The number of likely N-dealkylation sites (N-methyl/N-ethyl adjacent to an activating group) is 1. The maximum absolute atomic E-state index is 11.8. The minimum atomic E-state index is -0.431. The molecule has 2 aliphatic rings. The lowest BCUT2D eigenvalue weighted by atomic mass is 9.97. The molecule has 7 nitrogen and oxygen atoms in total. The highest BCUT2D eigenvalue weighted by molar-refractivity contribution is 6.04. The predicted molar refractivity (Wildman–Crippen MR) is 70.7 cm³/mol. The van der Waals surface area contributed by atoms with Crippen LogP contribution in [0.1, 0.15) is 19.3 Å². The molecule has 20 heavy (non-hydrogen) atoms. The van der Waals surface area contributed by atoms with Crippen molar-refractivity contribution in [1.82, 2.24) is 15.1 Å². The summed E-state index contributed by atoms with van der Waals surface area (Å²) in [6.07, 6.45) is 3.06. The van der Waals surface area contributed by atoms with Crippen molar-refractivity contribution < 1.29 is 19.5 Å². The highest BCUT2D eigenvalue weighted by Gasteiger charge is 2.35. The molecule has 2 atom stereocenters. The van der Waals surface area contributed by atoms with E-state index in [4.69, 9.17) is 0 Å². The van der Waals surface area contributed by atoms with Crippen molar-refractivity contribution in [3.63, 3.8) is 0 Å². The Morgan fingerprint density at radius 3 is 2.65 bits per heavy atom. The lowest BCUT2D eigenvalue weighted by molar-refractivity contribution is -0.130. The van der Waals surface area contributed by atoms with Gasteiger partial charge in [0, 0.05) is 20.2 Å². The van der Waals surface area contributed by atoms with Gasteiger partial charge in [0.25, 0.3) is 5.91 Å². The number of amides is 4. The van der Waals surface area contributed by atoms with Crippen LogP contribution in [0.25, 0.3) is 0 Å². The van der Waals surface area contributed by atoms with Gasteiger partial charge in [-0.3, -0.25) is 14.5 Å². The first kappa shape index (κ1) is 14.8. The zero-order valence-corrected chi connectivity index (χ0v) is 11.7. The second kappa shape index (κ2) is 6.21. The third kappa shape index (κ3) is 3.09. The number of aliphatic hydroxyl groups is 1. The van der Waals surface area contributed by atoms with Crippen LogP contribution in [-0.2, 0) is 9.59 Å². The number of urea groups is 1. The van der Waals surface area contributed by atoms with Crippen LogP contribution in [0.2, 0.25) is 0 Å². The molecule has 2 N–H and O–H groups in total. The van der Waals surface area contributed by atoms with E-state index in [2.05, 4.69) is 5.32 Å². The van der Waals surface area contributed by atoms with E-state index in [-0.39, 0.29) is 43.3 Å². The van der Waals surface area contributed by atoms with E-state index in [1.165, 1.54) is 11.9 Å².